The molecule has 1 aromatic carbocycles. The van der Waals surface area contributed by atoms with Crippen LogP contribution in [0.2, 0.25) is 0 Å². The van der Waals surface area contributed by atoms with Crippen molar-refractivity contribution in [3.63, 3.8) is 0 Å². The van der Waals surface area contributed by atoms with E-state index in [2.05, 4.69) is 59.2 Å². The summed E-state index contributed by atoms with van der Waals surface area (Å²) >= 11 is 3.46. The minimum absolute atomic E-state index is 0.805. The Kier molecular flexibility index (Phi) is 3.91. The number of halogens is 1. The van der Waals surface area contributed by atoms with E-state index in [0.717, 1.165) is 32.6 Å². The van der Waals surface area contributed by atoms with Crippen LogP contribution < -0.4 is 5.32 Å². The first-order valence-corrected chi connectivity index (χ1v) is 6.83. The molecule has 0 unspecified atom stereocenters. The lowest BCUT2D eigenvalue weighted by atomic mass is 9.87. The van der Waals surface area contributed by atoms with Crippen LogP contribution in [0, 0.1) is 0 Å². The van der Waals surface area contributed by atoms with E-state index in [1.54, 1.807) is 6.08 Å². The molecule has 0 radical (unpaired) electrons. The molecule has 0 bridgehead atoms. The Morgan fingerprint density at radius 2 is 1.95 bits per heavy atom. The van der Waals surface area contributed by atoms with Gasteiger partial charge in [-0.05, 0) is 40.1 Å². The van der Waals surface area contributed by atoms with Crippen LogP contribution in [-0.2, 0) is 0 Å². The highest BCUT2D eigenvalue weighted by atomic mass is 79.9. The van der Waals surface area contributed by atoms with Crippen molar-refractivity contribution in [1.29, 1.82) is 0 Å². The Labute approximate surface area is 122 Å². The van der Waals surface area contributed by atoms with Crippen LogP contribution in [0.1, 0.15) is 12.5 Å². The van der Waals surface area contributed by atoms with Crippen LogP contribution in [0.3, 0.4) is 0 Å². The highest BCUT2D eigenvalue weighted by molar-refractivity contribution is 9.11. The van der Waals surface area contributed by atoms with Gasteiger partial charge in [-0.25, -0.2) is 0 Å². The van der Waals surface area contributed by atoms with Gasteiger partial charge in [-0.15, -0.1) is 0 Å². The number of nitrogens with one attached hydrogen (secondary N) is 1. The number of hydrogen-bond donors (Lipinski definition) is 1. The van der Waals surface area contributed by atoms with Crippen molar-refractivity contribution < 1.29 is 0 Å². The van der Waals surface area contributed by atoms with Gasteiger partial charge in [-0.1, -0.05) is 50.1 Å². The van der Waals surface area contributed by atoms with Gasteiger partial charge in [0.05, 0.1) is 5.70 Å². The monoisotopic (exact) mass is 313 g/mol. The maximum absolute atomic E-state index is 4.08. The van der Waals surface area contributed by atoms with Crippen molar-refractivity contribution in [3.05, 3.63) is 83.0 Å². The lowest BCUT2D eigenvalue weighted by Crippen LogP contribution is -2.13. The summed E-state index contributed by atoms with van der Waals surface area (Å²) < 4.78 is 0.805. The topological polar surface area (TPSA) is 12.0 Å². The number of benzene rings is 1. The van der Waals surface area contributed by atoms with Gasteiger partial charge in [0.2, 0.25) is 0 Å². The highest BCUT2D eigenvalue weighted by Crippen LogP contribution is 2.42. The molecule has 0 atom stereocenters. The predicted molar refractivity (Wildman–Crippen MR) is 88.1 cm³/mol. The Hall–Kier alpha value is -1.80. The average Bonchev–Trinajstić information content (AvgIpc) is 2.44. The summed E-state index contributed by atoms with van der Waals surface area (Å²) in [7, 11) is 0. The molecule has 1 N–H and O–H groups in total. The zero-order chi connectivity index (χ0) is 14.0. The first-order chi connectivity index (χ1) is 9.10. The molecule has 2 heteroatoms. The fourth-order valence-corrected chi connectivity index (χ4v) is 2.53. The summed E-state index contributed by atoms with van der Waals surface area (Å²) in [5, 5.41) is 3.41. The van der Waals surface area contributed by atoms with Crippen LogP contribution in [0.25, 0.3) is 5.57 Å². The molecular formula is C17H16BrN. The molecule has 0 spiro atoms. The second-order valence-electron chi connectivity index (χ2n) is 4.26. The summed E-state index contributed by atoms with van der Waals surface area (Å²) in [4.78, 5) is 0. The van der Waals surface area contributed by atoms with Gasteiger partial charge in [0, 0.05) is 21.3 Å². The van der Waals surface area contributed by atoms with Crippen molar-refractivity contribution in [3.8, 4) is 0 Å². The van der Waals surface area contributed by atoms with E-state index in [4.69, 9.17) is 0 Å². The number of hydrogen-bond acceptors (Lipinski definition) is 1. The van der Waals surface area contributed by atoms with E-state index in [0.29, 0.717) is 0 Å². The SMILES string of the molecule is C=CC(=C)C1=C(C(=C)Br)Nc2ccccc2/C1=C/C. The van der Waals surface area contributed by atoms with Crippen LogP contribution in [-0.4, -0.2) is 0 Å². The molecule has 0 saturated carbocycles. The molecular weight excluding hydrogens is 298 g/mol. The van der Waals surface area contributed by atoms with Gasteiger partial charge >= 0.3 is 0 Å². The van der Waals surface area contributed by atoms with E-state index in [-0.39, 0.29) is 0 Å². The van der Waals surface area contributed by atoms with E-state index >= 15 is 0 Å². The summed E-state index contributed by atoms with van der Waals surface area (Å²) in [6.45, 7) is 13.9. The van der Waals surface area contributed by atoms with E-state index in [1.807, 2.05) is 19.1 Å². The molecule has 0 aliphatic carbocycles. The van der Waals surface area contributed by atoms with Crippen molar-refractivity contribution in [2.24, 2.45) is 0 Å². The van der Waals surface area contributed by atoms with Crippen LogP contribution in [0.4, 0.5) is 5.69 Å². The quantitative estimate of drug-likeness (QED) is 0.735. The van der Waals surface area contributed by atoms with Crippen molar-refractivity contribution in [1.82, 2.24) is 0 Å². The molecule has 0 fully saturated rings. The van der Waals surface area contributed by atoms with Gasteiger partial charge in [0.1, 0.15) is 0 Å². The molecule has 1 heterocycles. The molecule has 1 aliphatic rings. The first kappa shape index (κ1) is 13.6. The first-order valence-electron chi connectivity index (χ1n) is 6.04. The largest absolute Gasteiger partial charge is 0.354 e. The molecule has 1 nitrogen and oxygen atoms in total. The Bertz CT molecular complexity index is 632. The Balaban J connectivity index is 2.73. The second kappa shape index (κ2) is 5.45. The Morgan fingerprint density at radius 1 is 1.26 bits per heavy atom. The molecule has 1 aliphatic heterocycles. The Morgan fingerprint density at radius 3 is 2.53 bits per heavy atom. The zero-order valence-corrected chi connectivity index (χ0v) is 12.5. The van der Waals surface area contributed by atoms with Gasteiger partial charge in [0.15, 0.2) is 0 Å². The third-order valence-corrected chi connectivity index (χ3v) is 3.52. The number of rotatable bonds is 3. The average molecular weight is 314 g/mol. The molecule has 2 rings (SSSR count). The van der Waals surface area contributed by atoms with E-state index in [9.17, 15) is 0 Å². The minimum Gasteiger partial charge on any atom is -0.354 e. The van der Waals surface area contributed by atoms with Crippen molar-refractivity contribution in [2.75, 3.05) is 5.32 Å². The molecule has 0 saturated heterocycles. The summed E-state index contributed by atoms with van der Waals surface area (Å²) in [5.74, 6) is 0. The lowest BCUT2D eigenvalue weighted by Gasteiger charge is -2.27. The fraction of sp³-hybridized carbons (Fsp3) is 0.0588. The fourth-order valence-electron chi connectivity index (χ4n) is 2.23. The molecule has 19 heavy (non-hydrogen) atoms. The van der Waals surface area contributed by atoms with Gasteiger partial charge < -0.3 is 5.32 Å². The van der Waals surface area contributed by atoms with E-state index < -0.39 is 0 Å². The smallest absolute Gasteiger partial charge is 0.0608 e. The van der Waals surface area contributed by atoms with E-state index in [1.165, 1.54) is 5.56 Å². The van der Waals surface area contributed by atoms with Gasteiger partial charge in [-0.3, -0.25) is 0 Å². The number of allylic oxidation sites excluding steroid dienone is 6. The third kappa shape index (κ3) is 2.36. The van der Waals surface area contributed by atoms with Crippen LogP contribution in [0.15, 0.2) is 77.5 Å². The summed E-state index contributed by atoms with van der Waals surface area (Å²) in [6.07, 6.45) is 3.87. The van der Waals surface area contributed by atoms with Crippen molar-refractivity contribution in [2.45, 2.75) is 6.92 Å². The molecule has 1 aromatic rings. The molecule has 96 valence electrons. The van der Waals surface area contributed by atoms with Crippen LogP contribution in [0.5, 0.6) is 0 Å². The number of para-hydroxylation sites is 1. The molecule has 0 aromatic heterocycles. The zero-order valence-electron chi connectivity index (χ0n) is 11.0. The molecule has 0 amide bonds. The highest BCUT2D eigenvalue weighted by Gasteiger charge is 2.23. The lowest BCUT2D eigenvalue weighted by molar-refractivity contribution is 1.33. The predicted octanol–water partition coefficient (Wildman–Crippen LogP) is 5.42. The maximum Gasteiger partial charge on any atom is 0.0608 e. The van der Waals surface area contributed by atoms with Crippen molar-refractivity contribution >= 4 is 27.2 Å². The normalized spacial score (nSPS) is 15.8. The minimum atomic E-state index is 0.805. The van der Waals surface area contributed by atoms with Crippen LogP contribution >= 0.6 is 15.9 Å². The van der Waals surface area contributed by atoms with Gasteiger partial charge in [0.25, 0.3) is 0 Å². The standard InChI is InChI=1S/C17H16BrN/c1-5-11(3)16-13(6-2)14-9-7-8-10-15(14)19-17(16)12(4)18/h5-10,19H,1,3-4H2,2H3/b13-6-. The maximum atomic E-state index is 4.08. The third-order valence-electron chi connectivity index (χ3n) is 3.12. The second-order valence-corrected chi connectivity index (χ2v) is 5.21. The number of fused-ring (bicyclic) bond motifs is 1. The summed E-state index contributed by atoms with van der Waals surface area (Å²) in [5.41, 5.74) is 6.25. The number of anilines is 1. The van der Waals surface area contributed by atoms with Gasteiger partial charge in [-0.2, -0.15) is 0 Å². The summed E-state index contributed by atoms with van der Waals surface area (Å²) in [6, 6.07) is 8.21.